The highest BCUT2D eigenvalue weighted by atomic mass is 16.5. The van der Waals surface area contributed by atoms with E-state index in [1.165, 1.54) is 16.6 Å². The van der Waals surface area contributed by atoms with Gasteiger partial charge in [0.25, 0.3) is 0 Å². The molecule has 2 heterocycles. The summed E-state index contributed by atoms with van der Waals surface area (Å²) in [6.07, 6.45) is 0.973. The van der Waals surface area contributed by atoms with Crippen molar-refractivity contribution in [3.63, 3.8) is 0 Å². The van der Waals surface area contributed by atoms with E-state index in [2.05, 4.69) is 40.6 Å². The van der Waals surface area contributed by atoms with Gasteiger partial charge >= 0.3 is 0 Å². The van der Waals surface area contributed by atoms with Gasteiger partial charge < -0.3 is 24.5 Å². The zero-order valence-electron chi connectivity index (χ0n) is 17.8. The lowest BCUT2D eigenvalue weighted by Crippen LogP contribution is -2.30. The molecule has 31 heavy (non-hydrogen) atoms. The van der Waals surface area contributed by atoms with Crippen LogP contribution in [0.1, 0.15) is 28.4 Å². The van der Waals surface area contributed by atoms with Crippen LogP contribution < -0.4 is 19.5 Å². The van der Waals surface area contributed by atoms with Gasteiger partial charge in [-0.15, -0.1) is 0 Å². The van der Waals surface area contributed by atoms with Crippen molar-refractivity contribution >= 4 is 10.9 Å². The molecule has 0 unspecified atom stereocenters. The molecule has 5 nitrogen and oxygen atoms in total. The summed E-state index contributed by atoms with van der Waals surface area (Å²) in [6, 6.07) is 22.7. The number of H-pyrrole nitrogens is 1. The first-order valence-corrected chi connectivity index (χ1v) is 10.5. The van der Waals surface area contributed by atoms with Crippen LogP contribution in [0.2, 0.25) is 0 Å². The molecule has 5 rings (SSSR count). The molecule has 2 N–H and O–H groups in total. The number of hydrogen-bond acceptors (Lipinski definition) is 4. The number of fused-ring (bicyclic) bond motifs is 3. The largest absolute Gasteiger partial charge is 0.493 e. The minimum absolute atomic E-state index is 0.0737. The topological polar surface area (TPSA) is 55.5 Å². The van der Waals surface area contributed by atoms with E-state index < -0.39 is 0 Å². The molecule has 158 valence electrons. The Labute approximate surface area is 182 Å². The van der Waals surface area contributed by atoms with Gasteiger partial charge in [0.05, 0.1) is 20.3 Å². The third-order valence-corrected chi connectivity index (χ3v) is 5.91. The van der Waals surface area contributed by atoms with Gasteiger partial charge in [-0.2, -0.15) is 0 Å². The van der Waals surface area contributed by atoms with Crippen molar-refractivity contribution in [1.29, 1.82) is 0 Å². The molecule has 5 heteroatoms. The van der Waals surface area contributed by atoms with E-state index >= 15 is 0 Å². The molecular weight excluding hydrogens is 388 g/mol. The number of hydrogen-bond donors (Lipinski definition) is 2. The number of ether oxygens (including phenoxy) is 3. The zero-order valence-corrected chi connectivity index (χ0v) is 17.8. The fourth-order valence-electron chi connectivity index (χ4n) is 4.35. The summed E-state index contributed by atoms with van der Waals surface area (Å²) in [7, 11) is 3.32. The second-order valence-corrected chi connectivity index (χ2v) is 7.75. The summed E-state index contributed by atoms with van der Waals surface area (Å²) in [6.45, 7) is 1.48. The Morgan fingerprint density at radius 3 is 2.55 bits per heavy atom. The maximum Gasteiger partial charge on any atom is 0.161 e. The highest BCUT2D eigenvalue weighted by Gasteiger charge is 2.26. The zero-order chi connectivity index (χ0) is 21.2. The molecule has 1 atom stereocenters. The third-order valence-electron chi connectivity index (χ3n) is 5.91. The van der Waals surface area contributed by atoms with Gasteiger partial charge in [-0.05, 0) is 53.4 Å². The van der Waals surface area contributed by atoms with E-state index in [4.69, 9.17) is 14.2 Å². The second kappa shape index (κ2) is 8.36. The van der Waals surface area contributed by atoms with E-state index in [-0.39, 0.29) is 6.04 Å². The summed E-state index contributed by atoms with van der Waals surface area (Å²) in [5, 5.41) is 4.87. The molecule has 0 amide bonds. The van der Waals surface area contributed by atoms with Crippen LogP contribution >= 0.6 is 0 Å². The van der Waals surface area contributed by atoms with Crippen molar-refractivity contribution in [1.82, 2.24) is 10.3 Å². The minimum Gasteiger partial charge on any atom is -0.493 e. The summed E-state index contributed by atoms with van der Waals surface area (Å²) >= 11 is 0. The molecular formula is C26H26N2O3. The number of aromatic amines is 1. The average molecular weight is 415 g/mol. The molecule has 1 aliphatic heterocycles. The average Bonchev–Trinajstić information content (AvgIpc) is 3.21. The third kappa shape index (κ3) is 3.73. The van der Waals surface area contributed by atoms with Crippen molar-refractivity contribution in [2.45, 2.75) is 19.1 Å². The van der Waals surface area contributed by atoms with Crippen LogP contribution in [0, 0.1) is 0 Å². The Bertz CT molecular complexity index is 1200. The fourth-order valence-corrected chi connectivity index (χ4v) is 4.35. The molecule has 0 bridgehead atoms. The molecule has 4 aromatic rings. The molecule has 0 radical (unpaired) electrons. The lowest BCUT2D eigenvalue weighted by atomic mass is 9.94. The molecule has 1 aromatic heterocycles. The SMILES string of the molecule is COc1ccc([C@H]2NCCc3c2[nH]c2ccc(OCc4ccccc4)cc32)cc1OC. The van der Waals surface area contributed by atoms with Crippen LogP contribution in [0.15, 0.2) is 66.7 Å². The fraction of sp³-hybridized carbons (Fsp3) is 0.231. The summed E-state index contributed by atoms with van der Waals surface area (Å²) in [4.78, 5) is 3.64. The molecule has 0 aliphatic carbocycles. The quantitative estimate of drug-likeness (QED) is 0.466. The molecule has 0 fully saturated rings. The van der Waals surface area contributed by atoms with Gasteiger partial charge in [0.2, 0.25) is 0 Å². The Balaban J connectivity index is 1.47. The van der Waals surface area contributed by atoms with Crippen LogP contribution in [0.4, 0.5) is 0 Å². The van der Waals surface area contributed by atoms with E-state index in [1.54, 1.807) is 14.2 Å². The number of methoxy groups -OCH3 is 2. The smallest absolute Gasteiger partial charge is 0.161 e. The van der Waals surface area contributed by atoms with Gasteiger partial charge in [-0.3, -0.25) is 0 Å². The number of aromatic nitrogens is 1. The van der Waals surface area contributed by atoms with Crippen molar-refractivity contribution in [2.24, 2.45) is 0 Å². The summed E-state index contributed by atoms with van der Waals surface area (Å²) in [5.74, 6) is 2.36. The highest BCUT2D eigenvalue weighted by molar-refractivity contribution is 5.86. The highest BCUT2D eigenvalue weighted by Crippen LogP contribution is 2.37. The first-order chi connectivity index (χ1) is 15.3. The first kappa shape index (κ1) is 19.5. The van der Waals surface area contributed by atoms with E-state index in [9.17, 15) is 0 Å². The lowest BCUT2D eigenvalue weighted by Gasteiger charge is -2.25. The van der Waals surface area contributed by atoms with Gasteiger partial charge in [0.15, 0.2) is 11.5 Å². The molecule has 0 saturated heterocycles. The standard InChI is InChI=1S/C26H26N2O3/c1-29-23-11-8-18(14-24(23)30-2)25-26-20(12-13-27-25)21-15-19(9-10-22(21)28-26)31-16-17-6-4-3-5-7-17/h3-11,14-15,25,27-28H,12-13,16H2,1-2H3/t25-/m1/s1. The Morgan fingerprint density at radius 2 is 1.74 bits per heavy atom. The number of rotatable bonds is 6. The van der Waals surface area contributed by atoms with Crippen LogP contribution in [0.3, 0.4) is 0 Å². The normalized spacial score (nSPS) is 15.5. The maximum absolute atomic E-state index is 6.07. The van der Waals surface area contributed by atoms with Crippen LogP contribution in [-0.2, 0) is 13.0 Å². The van der Waals surface area contributed by atoms with Crippen molar-refractivity contribution in [3.05, 3.63) is 89.1 Å². The Hall–Kier alpha value is -3.44. The molecule has 1 aliphatic rings. The summed E-state index contributed by atoms with van der Waals surface area (Å²) < 4.78 is 17.0. The van der Waals surface area contributed by atoms with Crippen LogP contribution in [0.25, 0.3) is 10.9 Å². The van der Waals surface area contributed by atoms with E-state index in [1.807, 2.05) is 36.4 Å². The second-order valence-electron chi connectivity index (χ2n) is 7.75. The van der Waals surface area contributed by atoms with Crippen molar-refractivity contribution in [2.75, 3.05) is 20.8 Å². The van der Waals surface area contributed by atoms with Crippen molar-refractivity contribution in [3.8, 4) is 17.2 Å². The van der Waals surface area contributed by atoms with Crippen LogP contribution in [0.5, 0.6) is 17.2 Å². The van der Waals surface area contributed by atoms with Gasteiger partial charge in [-0.1, -0.05) is 36.4 Å². The number of benzene rings is 3. The first-order valence-electron chi connectivity index (χ1n) is 10.5. The van der Waals surface area contributed by atoms with E-state index in [0.717, 1.165) is 46.9 Å². The molecule has 0 saturated carbocycles. The Morgan fingerprint density at radius 1 is 0.903 bits per heavy atom. The van der Waals surface area contributed by atoms with Crippen LogP contribution in [-0.4, -0.2) is 25.7 Å². The minimum atomic E-state index is 0.0737. The van der Waals surface area contributed by atoms with Gasteiger partial charge in [-0.25, -0.2) is 0 Å². The van der Waals surface area contributed by atoms with E-state index in [0.29, 0.717) is 6.61 Å². The summed E-state index contributed by atoms with van der Waals surface area (Å²) in [5.41, 5.74) is 5.99. The maximum atomic E-state index is 6.07. The lowest BCUT2D eigenvalue weighted by molar-refractivity contribution is 0.306. The molecule has 0 spiro atoms. The Kier molecular flexibility index (Phi) is 5.26. The van der Waals surface area contributed by atoms with Crippen molar-refractivity contribution < 1.29 is 14.2 Å². The predicted molar refractivity (Wildman–Crippen MR) is 122 cm³/mol. The molecule has 3 aromatic carbocycles. The number of nitrogens with one attached hydrogen (secondary N) is 2. The van der Waals surface area contributed by atoms with Gasteiger partial charge in [0.1, 0.15) is 12.4 Å². The van der Waals surface area contributed by atoms with Gasteiger partial charge in [0, 0.05) is 23.1 Å². The predicted octanol–water partition coefficient (Wildman–Crippen LogP) is 5.00. The monoisotopic (exact) mass is 414 g/mol.